The number of hydrogen-bond donors (Lipinski definition) is 1. The molecule has 0 bridgehead atoms. The lowest BCUT2D eigenvalue weighted by Gasteiger charge is -2.30. The molecule has 1 fully saturated rings. The van der Waals surface area contributed by atoms with E-state index in [2.05, 4.69) is 27.3 Å². The van der Waals surface area contributed by atoms with Gasteiger partial charge in [-0.3, -0.25) is 9.69 Å². The summed E-state index contributed by atoms with van der Waals surface area (Å²) < 4.78 is 5.43. The topological polar surface area (TPSA) is 71.3 Å². The second-order valence-corrected chi connectivity index (χ2v) is 7.02. The van der Waals surface area contributed by atoms with Crippen LogP contribution in [0.2, 0.25) is 0 Å². The second kappa shape index (κ2) is 8.94. The smallest absolute Gasteiger partial charge is 0.241 e. The van der Waals surface area contributed by atoms with Crippen LogP contribution in [0.5, 0.6) is 0 Å². The van der Waals surface area contributed by atoms with E-state index in [4.69, 9.17) is 4.52 Å². The first kappa shape index (κ1) is 18.6. The summed E-state index contributed by atoms with van der Waals surface area (Å²) in [6, 6.07) is 8.03. The Morgan fingerprint density at radius 2 is 2.08 bits per heavy atom. The molecule has 6 nitrogen and oxygen atoms in total. The SMILES string of the molecule is CCCCNC(=O)C1CCN(Cc2nc(-c3ccccc3C)no2)CC1. The Morgan fingerprint density at radius 3 is 2.81 bits per heavy atom. The molecule has 0 radical (unpaired) electrons. The van der Waals surface area contributed by atoms with Crippen molar-refractivity contribution >= 4 is 5.91 Å². The van der Waals surface area contributed by atoms with Crippen LogP contribution in [0.25, 0.3) is 11.4 Å². The van der Waals surface area contributed by atoms with Crippen molar-refractivity contribution in [1.82, 2.24) is 20.4 Å². The molecule has 26 heavy (non-hydrogen) atoms. The van der Waals surface area contributed by atoms with Crippen molar-refractivity contribution in [2.75, 3.05) is 19.6 Å². The Labute approximate surface area is 155 Å². The van der Waals surface area contributed by atoms with Gasteiger partial charge in [0.05, 0.1) is 6.54 Å². The lowest BCUT2D eigenvalue weighted by molar-refractivity contribution is -0.126. The number of rotatable bonds is 7. The third kappa shape index (κ3) is 4.69. The van der Waals surface area contributed by atoms with Crippen LogP contribution in [0, 0.1) is 12.8 Å². The molecule has 3 rings (SSSR count). The van der Waals surface area contributed by atoms with Gasteiger partial charge in [-0.25, -0.2) is 0 Å². The molecule has 0 unspecified atom stereocenters. The van der Waals surface area contributed by atoms with Crippen molar-refractivity contribution in [3.05, 3.63) is 35.7 Å². The van der Waals surface area contributed by atoms with Crippen molar-refractivity contribution in [1.29, 1.82) is 0 Å². The summed E-state index contributed by atoms with van der Waals surface area (Å²) in [6.07, 6.45) is 3.92. The molecule has 1 aliphatic rings. The summed E-state index contributed by atoms with van der Waals surface area (Å²) in [4.78, 5) is 19.0. The number of benzene rings is 1. The summed E-state index contributed by atoms with van der Waals surface area (Å²) in [5.74, 6) is 1.61. The number of carbonyl (C=O) groups is 1. The number of amides is 1. The third-order valence-corrected chi connectivity index (χ3v) is 5.00. The highest BCUT2D eigenvalue weighted by Gasteiger charge is 2.25. The molecule has 1 aliphatic heterocycles. The van der Waals surface area contributed by atoms with Crippen LogP contribution >= 0.6 is 0 Å². The molecule has 0 aliphatic carbocycles. The van der Waals surface area contributed by atoms with Crippen LogP contribution in [-0.2, 0) is 11.3 Å². The number of aryl methyl sites for hydroxylation is 1. The molecule has 0 saturated carbocycles. The van der Waals surface area contributed by atoms with Crippen LogP contribution in [0.4, 0.5) is 0 Å². The van der Waals surface area contributed by atoms with E-state index < -0.39 is 0 Å². The van der Waals surface area contributed by atoms with Gasteiger partial charge >= 0.3 is 0 Å². The Hall–Kier alpha value is -2.21. The monoisotopic (exact) mass is 356 g/mol. The maximum Gasteiger partial charge on any atom is 0.241 e. The summed E-state index contributed by atoms with van der Waals surface area (Å²) in [5, 5.41) is 7.17. The molecule has 1 aromatic carbocycles. The largest absolute Gasteiger partial charge is 0.356 e. The number of aromatic nitrogens is 2. The highest BCUT2D eigenvalue weighted by Crippen LogP contribution is 2.22. The van der Waals surface area contributed by atoms with Gasteiger partial charge in [0, 0.05) is 18.0 Å². The molecule has 1 amide bonds. The summed E-state index contributed by atoms with van der Waals surface area (Å²) in [7, 11) is 0. The van der Waals surface area contributed by atoms with Crippen LogP contribution in [0.15, 0.2) is 28.8 Å². The van der Waals surface area contributed by atoms with Crippen molar-refractivity contribution in [3.63, 3.8) is 0 Å². The molecular formula is C20H28N4O2. The van der Waals surface area contributed by atoms with E-state index in [-0.39, 0.29) is 11.8 Å². The van der Waals surface area contributed by atoms with Gasteiger partial charge < -0.3 is 9.84 Å². The highest BCUT2D eigenvalue weighted by molar-refractivity contribution is 5.78. The maximum atomic E-state index is 12.2. The average molecular weight is 356 g/mol. The van der Waals surface area contributed by atoms with Crippen molar-refractivity contribution in [2.24, 2.45) is 5.92 Å². The molecule has 2 aromatic rings. The van der Waals surface area contributed by atoms with E-state index in [0.29, 0.717) is 18.3 Å². The van der Waals surface area contributed by atoms with E-state index in [1.807, 2.05) is 31.2 Å². The van der Waals surface area contributed by atoms with Gasteiger partial charge in [-0.05, 0) is 44.8 Å². The molecule has 140 valence electrons. The van der Waals surface area contributed by atoms with E-state index in [1.54, 1.807) is 0 Å². The molecular weight excluding hydrogens is 328 g/mol. The van der Waals surface area contributed by atoms with Gasteiger partial charge in [0.1, 0.15) is 0 Å². The minimum atomic E-state index is 0.133. The minimum Gasteiger partial charge on any atom is -0.356 e. The van der Waals surface area contributed by atoms with E-state index >= 15 is 0 Å². The Morgan fingerprint density at radius 1 is 1.31 bits per heavy atom. The Kier molecular flexibility index (Phi) is 6.39. The Balaban J connectivity index is 1.49. The summed E-state index contributed by atoms with van der Waals surface area (Å²) >= 11 is 0. The molecule has 0 atom stereocenters. The van der Waals surface area contributed by atoms with Gasteiger partial charge in [0.15, 0.2) is 0 Å². The summed E-state index contributed by atoms with van der Waals surface area (Å²) in [5.41, 5.74) is 2.14. The number of unbranched alkanes of at least 4 members (excludes halogenated alkanes) is 1. The Bertz CT molecular complexity index is 720. The molecule has 0 spiro atoms. The van der Waals surface area contributed by atoms with E-state index in [9.17, 15) is 4.79 Å². The van der Waals surface area contributed by atoms with Crippen molar-refractivity contribution in [3.8, 4) is 11.4 Å². The second-order valence-electron chi connectivity index (χ2n) is 7.02. The van der Waals surface area contributed by atoms with E-state index in [0.717, 1.165) is 56.4 Å². The van der Waals surface area contributed by atoms with Crippen LogP contribution < -0.4 is 5.32 Å². The fourth-order valence-electron chi connectivity index (χ4n) is 3.33. The number of nitrogens with one attached hydrogen (secondary N) is 1. The zero-order valence-electron chi connectivity index (χ0n) is 15.7. The minimum absolute atomic E-state index is 0.133. The number of likely N-dealkylation sites (tertiary alicyclic amines) is 1. The molecule has 1 saturated heterocycles. The quantitative estimate of drug-likeness (QED) is 0.772. The summed E-state index contributed by atoms with van der Waals surface area (Å²) in [6.45, 7) is 7.37. The first-order valence-corrected chi connectivity index (χ1v) is 9.56. The van der Waals surface area contributed by atoms with Gasteiger partial charge in [0.25, 0.3) is 0 Å². The fraction of sp³-hybridized carbons (Fsp3) is 0.550. The zero-order chi connectivity index (χ0) is 18.4. The van der Waals surface area contributed by atoms with Gasteiger partial charge in [-0.15, -0.1) is 0 Å². The maximum absolute atomic E-state index is 12.2. The molecule has 1 N–H and O–H groups in total. The number of piperidine rings is 1. The van der Waals surface area contributed by atoms with E-state index in [1.165, 1.54) is 0 Å². The lowest BCUT2D eigenvalue weighted by Crippen LogP contribution is -2.40. The molecule has 1 aromatic heterocycles. The highest BCUT2D eigenvalue weighted by atomic mass is 16.5. The number of nitrogens with zero attached hydrogens (tertiary/aromatic N) is 3. The van der Waals surface area contributed by atoms with Gasteiger partial charge in [0.2, 0.25) is 17.6 Å². The van der Waals surface area contributed by atoms with Crippen LogP contribution in [0.1, 0.15) is 44.1 Å². The number of carbonyl (C=O) groups excluding carboxylic acids is 1. The van der Waals surface area contributed by atoms with Gasteiger partial charge in [-0.1, -0.05) is 42.8 Å². The van der Waals surface area contributed by atoms with Crippen molar-refractivity contribution < 1.29 is 9.32 Å². The molecule has 2 heterocycles. The lowest BCUT2D eigenvalue weighted by atomic mass is 9.96. The average Bonchev–Trinajstić information content (AvgIpc) is 3.11. The van der Waals surface area contributed by atoms with Crippen LogP contribution in [-0.4, -0.2) is 40.6 Å². The van der Waals surface area contributed by atoms with Gasteiger partial charge in [-0.2, -0.15) is 4.98 Å². The first-order valence-electron chi connectivity index (χ1n) is 9.56. The van der Waals surface area contributed by atoms with Crippen LogP contribution in [0.3, 0.4) is 0 Å². The van der Waals surface area contributed by atoms with Crippen molar-refractivity contribution in [2.45, 2.75) is 46.1 Å². The predicted molar refractivity (Wildman–Crippen MR) is 100 cm³/mol. The standard InChI is InChI=1S/C20H28N4O2/c1-3-4-11-21-20(25)16-9-12-24(13-10-16)14-18-22-19(23-26-18)17-8-6-5-7-15(17)2/h5-8,16H,3-4,9-14H2,1-2H3,(H,21,25). The first-order chi connectivity index (χ1) is 12.7. The molecule has 6 heteroatoms. The predicted octanol–water partition coefficient (Wildman–Crippen LogP) is 3.17. The zero-order valence-corrected chi connectivity index (χ0v) is 15.7. The number of hydrogen-bond acceptors (Lipinski definition) is 5. The fourth-order valence-corrected chi connectivity index (χ4v) is 3.33. The normalized spacial score (nSPS) is 15.9. The third-order valence-electron chi connectivity index (χ3n) is 5.00.